The Labute approximate surface area is 161 Å². The fraction of sp³-hybridized carbons (Fsp3) is 0.381. The van der Waals surface area contributed by atoms with Gasteiger partial charge in [0.15, 0.2) is 12.4 Å². The van der Waals surface area contributed by atoms with Crippen molar-refractivity contribution in [3.8, 4) is 0 Å². The number of nitrogens with zero attached hydrogens (tertiary/aromatic N) is 1. The zero-order chi connectivity index (χ0) is 19.1. The molecule has 0 spiro atoms. The summed E-state index contributed by atoms with van der Waals surface area (Å²) in [6.45, 7) is 1.93. The summed E-state index contributed by atoms with van der Waals surface area (Å²) in [7, 11) is 1.72. The maximum absolute atomic E-state index is 12.4. The van der Waals surface area contributed by atoms with Crippen molar-refractivity contribution in [2.75, 3.05) is 18.6 Å². The number of carbonyl (C=O) groups excluding carboxylic acids is 3. The summed E-state index contributed by atoms with van der Waals surface area (Å²) in [5, 5.41) is 0. The smallest absolute Gasteiger partial charge is 0.348 e. The molecule has 0 saturated heterocycles. The van der Waals surface area contributed by atoms with E-state index in [1.165, 1.54) is 21.8 Å². The van der Waals surface area contributed by atoms with Gasteiger partial charge < -0.3 is 9.64 Å². The molecule has 1 atom stereocenters. The molecule has 2 heterocycles. The average Bonchev–Trinajstić information content (AvgIpc) is 3.19. The van der Waals surface area contributed by atoms with Gasteiger partial charge in [-0.3, -0.25) is 9.59 Å². The predicted molar refractivity (Wildman–Crippen MR) is 104 cm³/mol. The van der Waals surface area contributed by atoms with Crippen molar-refractivity contribution in [1.29, 1.82) is 0 Å². The highest BCUT2D eigenvalue weighted by atomic mass is 32.1. The van der Waals surface area contributed by atoms with Gasteiger partial charge in [0, 0.05) is 23.2 Å². The summed E-state index contributed by atoms with van der Waals surface area (Å²) < 4.78 is 5.26. The number of fused-ring (bicyclic) bond motifs is 2. The van der Waals surface area contributed by atoms with Crippen molar-refractivity contribution in [2.24, 2.45) is 5.92 Å². The number of hydrogen-bond acceptors (Lipinski definition) is 5. The lowest BCUT2D eigenvalue weighted by atomic mass is 9.90. The van der Waals surface area contributed by atoms with Gasteiger partial charge in [0.2, 0.25) is 5.91 Å². The Hall–Kier alpha value is -2.47. The molecule has 2 aliphatic rings. The standard InChI is InChI=1S/C21H21NO4S/c1-12-3-6-18-15(7-12)9-19(27-18)21(25)26-11-17(23)13-4-5-16-14(8-13)10-20(24)22(16)2/h4-5,8-9,12H,3,6-7,10-11H2,1-2H3/t12-/m1/s1. The average molecular weight is 383 g/mol. The quantitative estimate of drug-likeness (QED) is 0.599. The zero-order valence-electron chi connectivity index (χ0n) is 15.4. The number of Topliss-reactive ketones (excluding diaryl/α,β-unsaturated/α-hetero) is 1. The lowest BCUT2D eigenvalue weighted by Crippen LogP contribution is -2.20. The molecule has 0 unspecified atom stereocenters. The number of anilines is 1. The molecular weight excluding hydrogens is 362 g/mol. The number of amides is 1. The highest BCUT2D eigenvalue weighted by molar-refractivity contribution is 7.14. The van der Waals surface area contributed by atoms with Crippen molar-refractivity contribution < 1.29 is 19.1 Å². The predicted octanol–water partition coefficient (Wildman–Crippen LogP) is 3.43. The minimum absolute atomic E-state index is 0.0111. The minimum atomic E-state index is -0.438. The van der Waals surface area contributed by atoms with E-state index in [2.05, 4.69) is 6.92 Å². The molecule has 5 nitrogen and oxygen atoms in total. The summed E-state index contributed by atoms with van der Waals surface area (Å²) in [5.74, 6) is -0.0464. The van der Waals surface area contributed by atoms with Crippen molar-refractivity contribution >= 4 is 34.7 Å². The van der Waals surface area contributed by atoms with Crippen LogP contribution in [0.2, 0.25) is 0 Å². The Bertz CT molecular complexity index is 946. The lowest BCUT2D eigenvalue weighted by Gasteiger charge is -2.16. The molecule has 0 radical (unpaired) electrons. The molecule has 140 valence electrons. The monoisotopic (exact) mass is 383 g/mol. The van der Waals surface area contributed by atoms with Crippen molar-refractivity contribution in [3.05, 3.63) is 50.7 Å². The van der Waals surface area contributed by atoms with Gasteiger partial charge in [-0.2, -0.15) is 0 Å². The Morgan fingerprint density at radius 1 is 1.26 bits per heavy atom. The molecule has 1 amide bonds. The summed E-state index contributed by atoms with van der Waals surface area (Å²) >= 11 is 1.48. The number of aryl methyl sites for hydroxylation is 1. The second-order valence-corrected chi connectivity index (χ2v) is 8.52. The molecule has 0 bridgehead atoms. The molecule has 1 aliphatic carbocycles. The minimum Gasteiger partial charge on any atom is -0.453 e. The number of thiophene rings is 1. The summed E-state index contributed by atoms with van der Waals surface area (Å²) in [6.07, 6.45) is 3.46. The van der Waals surface area contributed by atoms with Crippen LogP contribution in [0.3, 0.4) is 0 Å². The van der Waals surface area contributed by atoms with Crippen molar-refractivity contribution in [3.63, 3.8) is 0 Å². The molecule has 0 N–H and O–H groups in total. The van der Waals surface area contributed by atoms with Gasteiger partial charge in [-0.1, -0.05) is 6.92 Å². The highest BCUT2D eigenvalue weighted by Gasteiger charge is 2.25. The topological polar surface area (TPSA) is 63.7 Å². The van der Waals surface area contributed by atoms with Crippen LogP contribution >= 0.6 is 11.3 Å². The summed E-state index contributed by atoms with van der Waals surface area (Å²) in [4.78, 5) is 39.9. The van der Waals surface area contributed by atoms with Gasteiger partial charge in [0.1, 0.15) is 4.88 Å². The molecule has 1 aromatic carbocycles. The summed E-state index contributed by atoms with van der Waals surface area (Å²) in [5.41, 5.74) is 3.36. The van der Waals surface area contributed by atoms with Crippen LogP contribution in [0.1, 0.15) is 49.4 Å². The number of benzene rings is 1. The van der Waals surface area contributed by atoms with E-state index in [9.17, 15) is 14.4 Å². The van der Waals surface area contributed by atoms with Crippen LogP contribution in [0.15, 0.2) is 24.3 Å². The van der Waals surface area contributed by atoms with Gasteiger partial charge in [0.25, 0.3) is 0 Å². The molecule has 2 aromatic rings. The van der Waals surface area contributed by atoms with E-state index < -0.39 is 5.97 Å². The number of ether oxygens (including phenoxy) is 1. The number of rotatable bonds is 4. The maximum Gasteiger partial charge on any atom is 0.348 e. The van der Waals surface area contributed by atoms with Crippen LogP contribution in [-0.2, 0) is 28.8 Å². The van der Waals surface area contributed by atoms with Crippen LogP contribution in [0.5, 0.6) is 0 Å². The summed E-state index contributed by atoms with van der Waals surface area (Å²) in [6, 6.07) is 7.08. The van der Waals surface area contributed by atoms with Crippen LogP contribution in [0.25, 0.3) is 0 Å². The van der Waals surface area contributed by atoms with Gasteiger partial charge >= 0.3 is 5.97 Å². The Morgan fingerprint density at radius 2 is 2.07 bits per heavy atom. The molecule has 4 rings (SSSR count). The van der Waals surface area contributed by atoms with Gasteiger partial charge in [-0.15, -0.1) is 11.3 Å². The molecular formula is C21H21NO4S. The van der Waals surface area contributed by atoms with E-state index in [1.54, 1.807) is 30.1 Å². The third-order valence-corrected chi connectivity index (χ3v) is 6.56. The molecule has 0 saturated carbocycles. The number of likely N-dealkylation sites (N-methyl/N-ethyl adjacent to an activating group) is 1. The van der Waals surface area contributed by atoms with Crippen LogP contribution in [-0.4, -0.2) is 31.3 Å². The third-order valence-electron chi connectivity index (χ3n) is 5.34. The maximum atomic E-state index is 12.4. The second-order valence-electron chi connectivity index (χ2n) is 7.38. The van der Waals surface area contributed by atoms with E-state index in [1.807, 2.05) is 6.07 Å². The first-order chi connectivity index (χ1) is 12.9. The fourth-order valence-corrected chi connectivity index (χ4v) is 4.84. The van der Waals surface area contributed by atoms with Crippen molar-refractivity contribution in [1.82, 2.24) is 0 Å². The second kappa shape index (κ2) is 6.93. The number of hydrogen-bond donors (Lipinski definition) is 0. The molecule has 1 aliphatic heterocycles. The number of ketones is 1. The first-order valence-electron chi connectivity index (χ1n) is 9.13. The normalized spacial score (nSPS) is 18.2. The first kappa shape index (κ1) is 17.9. The lowest BCUT2D eigenvalue weighted by molar-refractivity contribution is -0.117. The SMILES string of the molecule is C[C@@H]1CCc2sc(C(=O)OCC(=O)c3ccc4c(c3)CC(=O)N4C)cc2C1. The molecule has 6 heteroatoms. The number of carbonyl (C=O) groups is 3. The Balaban J connectivity index is 1.40. The Morgan fingerprint density at radius 3 is 2.89 bits per heavy atom. The van der Waals surface area contributed by atoms with Crippen LogP contribution < -0.4 is 4.90 Å². The number of esters is 1. The fourth-order valence-electron chi connectivity index (χ4n) is 3.74. The van der Waals surface area contributed by atoms with Crippen LogP contribution in [0, 0.1) is 5.92 Å². The molecule has 1 aromatic heterocycles. The largest absolute Gasteiger partial charge is 0.453 e. The zero-order valence-corrected chi connectivity index (χ0v) is 16.2. The van der Waals surface area contributed by atoms with Gasteiger partial charge in [-0.05, 0) is 60.6 Å². The van der Waals surface area contributed by atoms with Gasteiger partial charge in [0.05, 0.1) is 6.42 Å². The van der Waals surface area contributed by atoms with E-state index in [0.717, 1.165) is 30.5 Å². The van der Waals surface area contributed by atoms with Crippen molar-refractivity contribution in [2.45, 2.75) is 32.6 Å². The molecule has 0 fully saturated rings. The highest BCUT2D eigenvalue weighted by Crippen LogP contribution is 2.32. The van der Waals surface area contributed by atoms with Crippen LogP contribution in [0.4, 0.5) is 5.69 Å². The Kier molecular flexibility index (Phi) is 4.60. The first-order valence-corrected chi connectivity index (χ1v) is 9.95. The molecule has 27 heavy (non-hydrogen) atoms. The van der Waals surface area contributed by atoms with E-state index in [0.29, 0.717) is 22.8 Å². The van der Waals surface area contributed by atoms with Gasteiger partial charge in [-0.25, -0.2) is 4.79 Å². The third kappa shape index (κ3) is 3.41. The van der Waals surface area contributed by atoms with E-state index in [-0.39, 0.29) is 18.3 Å². The van der Waals surface area contributed by atoms with E-state index in [4.69, 9.17) is 4.74 Å². The van der Waals surface area contributed by atoms with E-state index >= 15 is 0 Å².